The Morgan fingerprint density at radius 1 is 1.10 bits per heavy atom. The van der Waals surface area contributed by atoms with Crippen LogP contribution < -0.4 is 5.32 Å². The average molecular weight is 285 g/mol. The Kier molecular flexibility index (Phi) is 5.24. The molecule has 20 heavy (non-hydrogen) atoms. The highest BCUT2D eigenvalue weighted by Gasteiger charge is 2.10. The number of amides is 1. The van der Waals surface area contributed by atoms with Crippen LogP contribution >= 0.6 is 12.6 Å². The maximum absolute atomic E-state index is 11.7. The van der Waals surface area contributed by atoms with E-state index in [1.165, 1.54) is 11.1 Å². The van der Waals surface area contributed by atoms with E-state index in [0.717, 1.165) is 5.56 Å². The third-order valence-electron chi connectivity index (χ3n) is 3.22. The van der Waals surface area contributed by atoms with Crippen LogP contribution in [0.2, 0.25) is 0 Å². The molecule has 3 heteroatoms. The maximum atomic E-state index is 11.7. The highest BCUT2D eigenvalue weighted by atomic mass is 32.1. The first-order valence-corrected chi connectivity index (χ1v) is 7.37. The molecule has 1 N–H and O–H groups in total. The minimum Gasteiger partial charge on any atom is -0.352 e. The second-order valence-corrected chi connectivity index (χ2v) is 5.23. The first kappa shape index (κ1) is 14.7. The van der Waals surface area contributed by atoms with Crippen molar-refractivity contribution in [3.05, 3.63) is 60.2 Å². The van der Waals surface area contributed by atoms with Crippen LogP contribution in [0.15, 0.2) is 54.6 Å². The van der Waals surface area contributed by atoms with Crippen LogP contribution in [-0.4, -0.2) is 11.7 Å². The number of nitrogens with one attached hydrogen (secondary N) is 1. The molecule has 1 unspecified atom stereocenters. The molecule has 0 fully saturated rings. The van der Waals surface area contributed by atoms with Crippen LogP contribution in [0.1, 0.15) is 12.5 Å². The van der Waals surface area contributed by atoms with Gasteiger partial charge >= 0.3 is 0 Å². The quantitative estimate of drug-likeness (QED) is 0.808. The third-order valence-corrected chi connectivity index (χ3v) is 3.77. The summed E-state index contributed by atoms with van der Waals surface area (Å²) in [5, 5.41) is 2.94. The first-order valence-electron chi connectivity index (χ1n) is 6.73. The fourth-order valence-electron chi connectivity index (χ4n) is 1.94. The van der Waals surface area contributed by atoms with E-state index in [1.54, 1.807) is 0 Å². The normalized spacial score (nSPS) is 11.9. The molecule has 2 aromatic rings. The predicted octanol–water partition coefficient (Wildman–Crippen LogP) is 3.54. The van der Waals surface area contributed by atoms with Crippen molar-refractivity contribution in [1.29, 1.82) is 0 Å². The van der Waals surface area contributed by atoms with Gasteiger partial charge in [-0.3, -0.25) is 4.79 Å². The second kappa shape index (κ2) is 7.15. The summed E-state index contributed by atoms with van der Waals surface area (Å²) in [5.41, 5.74) is 3.45. The van der Waals surface area contributed by atoms with E-state index in [2.05, 4.69) is 42.2 Å². The fourth-order valence-corrected chi connectivity index (χ4v) is 2.10. The van der Waals surface area contributed by atoms with Gasteiger partial charge in [-0.05, 0) is 22.8 Å². The predicted molar refractivity (Wildman–Crippen MR) is 86.7 cm³/mol. The van der Waals surface area contributed by atoms with Gasteiger partial charge in [0.2, 0.25) is 5.91 Å². The van der Waals surface area contributed by atoms with Crippen molar-refractivity contribution >= 4 is 18.5 Å². The molecule has 2 aromatic carbocycles. The van der Waals surface area contributed by atoms with Crippen LogP contribution in [0, 0.1) is 5.92 Å². The van der Waals surface area contributed by atoms with Gasteiger partial charge in [0, 0.05) is 18.2 Å². The van der Waals surface area contributed by atoms with Crippen molar-refractivity contribution in [2.75, 3.05) is 5.75 Å². The van der Waals surface area contributed by atoms with Crippen molar-refractivity contribution in [2.45, 2.75) is 13.5 Å². The standard InChI is InChI=1S/C17H19NOS/c1-13(12-20)17(19)18-11-14-6-5-9-16(10-14)15-7-3-2-4-8-15/h2-10,13,20H,11-12H2,1H3,(H,18,19). The van der Waals surface area contributed by atoms with Gasteiger partial charge in [-0.2, -0.15) is 12.6 Å². The Hall–Kier alpha value is -1.74. The summed E-state index contributed by atoms with van der Waals surface area (Å²) < 4.78 is 0. The third kappa shape index (κ3) is 3.87. The average Bonchev–Trinajstić information content (AvgIpc) is 2.53. The lowest BCUT2D eigenvalue weighted by atomic mass is 10.0. The van der Waals surface area contributed by atoms with E-state index in [1.807, 2.05) is 37.3 Å². The molecular weight excluding hydrogens is 266 g/mol. The van der Waals surface area contributed by atoms with Crippen molar-refractivity contribution in [3.63, 3.8) is 0 Å². The molecule has 104 valence electrons. The van der Waals surface area contributed by atoms with Crippen molar-refractivity contribution in [3.8, 4) is 11.1 Å². The van der Waals surface area contributed by atoms with E-state index in [9.17, 15) is 4.79 Å². The molecule has 2 nitrogen and oxygen atoms in total. The topological polar surface area (TPSA) is 29.1 Å². The van der Waals surface area contributed by atoms with E-state index in [-0.39, 0.29) is 11.8 Å². The number of rotatable bonds is 5. The van der Waals surface area contributed by atoms with Crippen LogP contribution in [0.4, 0.5) is 0 Å². The van der Waals surface area contributed by atoms with Crippen LogP contribution in [0.5, 0.6) is 0 Å². The summed E-state index contributed by atoms with van der Waals surface area (Å²) >= 11 is 4.14. The summed E-state index contributed by atoms with van der Waals surface area (Å²) in [5.74, 6) is 0.552. The molecule has 0 bridgehead atoms. The molecule has 0 spiro atoms. The number of thiol groups is 1. The van der Waals surface area contributed by atoms with Gasteiger partial charge < -0.3 is 5.32 Å². The van der Waals surface area contributed by atoms with Gasteiger partial charge in [0.25, 0.3) is 0 Å². The highest BCUT2D eigenvalue weighted by Crippen LogP contribution is 2.19. The molecule has 0 aromatic heterocycles. The smallest absolute Gasteiger partial charge is 0.223 e. The molecule has 0 aliphatic heterocycles. The molecule has 0 radical (unpaired) electrons. The minimum atomic E-state index is -0.0596. The Balaban J connectivity index is 2.06. The van der Waals surface area contributed by atoms with E-state index < -0.39 is 0 Å². The number of carbonyl (C=O) groups excluding carboxylic acids is 1. The van der Waals surface area contributed by atoms with Crippen molar-refractivity contribution < 1.29 is 4.79 Å². The van der Waals surface area contributed by atoms with Crippen LogP contribution in [0.25, 0.3) is 11.1 Å². The van der Waals surface area contributed by atoms with Gasteiger partial charge in [0.15, 0.2) is 0 Å². The molecule has 2 rings (SSSR count). The summed E-state index contributed by atoms with van der Waals surface area (Å²) in [7, 11) is 0. The number of benzene rings is 2. The summed E-state index contributed by atoms with van der Waals surface area (Å²) in [6.07, 6.45) is 0. The lowest BCUT2D eigenvalue weighted by molar-refractivity contribution is -0.123. The van der Waals surface area contributed by atoms with E-state index in [0.29, 0.717) is 12.3 Å². The van der Waals surface area contributed by atoms with Crippen molar-refractivity contribution in [1.82, 2.24) is 5.32 Å². The van der Waals surface area contributed by atoms with Gasteiger partial charge in [-0.1, -0.05) is 55.5 Å². The zero-order chi connectivity index (χ0) is 14.4. The Bertz CT molecular complexity index is 568. The second-order valence-electron chi connectivity index (χ2n) is 4.87. The Morgan fingerprint density at radius 2 is 1.80 bits per heavy atom. The molecule has 1 amide bonds. The minimum absolute atomic E-state index is 0.0464. The zero-order valence-corrected chi connectivity index (χ0v) is 12.4. The van der Waals surface area contributed by atoms with Gasteiger partial charge in [-0.15, -0.1) is 0 Å². The molecule has 0 aliphatic carbocycles. The lowest BCUT2D eigenvalue weighted by Crippen LogP contribution is -2.29. The zero-order valence-electron chi connectivity index (χ0n) is 11.5. The summed E-state index contributed by atoms with van der Waals surface area (Å²) in [4.78, 5) is 11.7. The number of hydrogen-bond acceptors (Lipinski definition) is 2. The van der Waals surface area contributed by atoms with E-state index >= 15 is 0 Å². The van der Waals surface area contributed by atoms with Crippen LogP contribution in [0.3, 0.4) is 0 Å². The largest absolute Gasteiger partial charge is 0.352 e. The Labute approximate surface area is 125 Å². The van der Waals surface area contributed by atoms with Gasteiger partial charge in [0.1, 0.15) is 0 Å². The fraction of sp³-hybridized carbons (Fsp3) is 0.235. The van der Waals surface area contributed by atoms with E-state index in [4.69, 9.17) is 0 Å². The molecule has 0 heterocycles. The molecule has 1 atom stereocenters. The lowest BCUT2D eigenvalue weighted by Gasteiger charge is -2.10. The molecular formula is C17H19NOS. The SMILES string of the molecule is CC(CS)C(=O)NCc1cccc(-c2ccccc2)c1. The maximum Gasteiger partial charge on any atom is 0.223 e. The molecule has 0 aliphatic rings. The summed E-state index contributed by atoms with van der Waals surface area (Å²) in [6.45, 7) is 2.43. The first-order chi connectivity index (χ1) is 9.70. The molecule has 0 saturated carbocycles. The Morgan fingerprint density at radius 3 is 2.50 bits per heavy atom. The van der Waals surface area contributed by atoms with Crippen molar-refractivity contribution in [2.24, 2.45) is 5.92 Å². The number of carbonyl (C=O) groups is 1. The highest BCUT2D eigenvalue weighted by molar-refractivity contribution is 7.80. The van der Waals surface area contributed by atoms with Gasteiger partial charge in [-0.25, -0.2) is 0 Å². The molecule has 0 saturated heterocycles. The van der Waals surface area contributed by atoms with Crippen LogP contribution in [-0.2, 0) is 11.3 Å². The van der Waals surface area contributed by atoms with Gasteiger partial charge in [0.05, 0.1) is 0 Å². The summed E-state index contributed by atoms with van der Waals surface area (Å²) in [6, 6.07) is 18.5. The monoisotopic (exact) mass is 285 g/mol. The number of hydrogen-bond donors (Lipinski definition) is 2.